The number of carbonyl (C=O) groups excluding carboxylic acids is 1. The summed E-state index contributed by atoms with van der Waals surface area (Å²) in [6, 6.07) is 11.3. The lowest BCUT2D eigenvalue weighted by Crippen LogP contribution is -2.22. The van der Waals surface area contributed by atoms with Crippen LogP contribution in [0.3, 0.4) is 0 Å². The molecule has 2 N–H and O–H groups in total. The predicted molar refractivity (Wildman–Crippen MR) is 82.7 cm³/mol. The molecule has 2 rings (SSSR count). The van der Waals surface area contributed by atoms with Gasteiger partial charge in [0.25, 0.3) is 0 Å². The molecule has 2 aromatic carbocycles. The average Bonchev–Trinajstić information content (AvgIpc) is 2.42. The molecule has 0 atom stereocenters. The SMILES string of the molecule is O=C(CNc1cc(Br)ccc1Cl)Nc1ccccc1F. The van der Waals surface area contributed by atoms with Crippen molar-refractivity contribution in [3.63, 3.8) is 0 Å². The number of hydrogen-bond donors (Lipinski definition) is 2. The van der Waals surface area contributed by atoms with E-state index in [1.807, 2.05) is 0 Å². The van der Waals surface area contributed by atoms with Crippen LogP contribution in [-0.4, -0.2) is 12.5 Å². The smallest absolute Gasteiger partial charge is 0.243 e. The summed E-state index contributed by atoms with van der Waals surface area (Å²) >= 11 is 9.31. The number of hydrogen-bond acceptors (Lipinski definition) is 2. The zero-order valence-corrected chi connectivity index (χ0v) is 12.6. The molecule has 0 aromatic heterocycles. The maximum absolute atomic E-state index is 13.4. The van der Waals surface area contributed by atoms with Crippen LogP contribution in [-0.2, 0) is 4.79 Å². The van der Waals surface area contributed by atoms with Crippen molar-refractivity contribution in [2.24, 2.45) is 0 Å². The van der Waals surface area contributed by atoms with Gasteiger partial charge in [-0.1, -0.05) is 39.7 Å². The summed E-state index contributed by atoms with van der Waals surface area (Å²) in [7, 11) is 0. The van der Waals surface area contributed by atoms with Crippen molar-refractivity contribution in [2.75, 3.05) is 17.2 Å². The lowest BCUT2D eigenvalue weighted by atomic mass is 10.3. The zero-order valence-electron chi connectivity index (χ0n) is 10.3. The summed E-state index contributed by atoms with van der Waals surface area (Å²) < 4.78 is 14.2. The highest BCUT2D eigenvalue weighted by atomic mass is 79.9. The maximum Gasteiger partial charge on any atom is 0.243 e. The topological polar surface area (TPSA) is 41.1 Å². The van der Waals surface area contributed by atoms with Gasteiger partial charge in [0.15, 0.2) is 0 Å². The summed E-state index contributed by atoms with van der Waals surface area (Å²) in [4.78, 5) is 11.7. The molecule has 104 valence electrons. The Morgan fingerprint density at radius 2 is 1.95 bits per heavy atom. The number of halogens is 3. The first-order valence-corrected chi connectivity index (χ1v) is 6.96. The second-order valence-corrected chi connectivity index (χ2v) is 5.33. The van der Waals surface area contributed by atoms with E-state index in [2.05, 4.69) is 26.6 Å². The van der Waals surface area contributed by atoms with Crippen molar-refractivity contribution in [3.05, 3.63) is 57.8 Å². The van der Waals surface area contributed by atoms with Crippen LogP contribution in [0.25, 0.3) is 0 Å². The van der Waals surface area contributed by atoms with E-state index in [1.54, 1.807) is 30.3 Å². The molecule has 6 heteroatoms. The Kier molecular flexibility index (Phi) is 4.98. The average molecular weight is 358 g/mol. The number of benzene rings is 2. The van der Waals surface area contributed by atoms with Crippen molar-refractivity contribution in [1.29, 1.82) is 0 Å². The first-order valence-electron chi connectivity index (χ1n) is 5.79. The van der Waals surface area contributed by atoms with Gasteiger partial charge in [-0.25, -0.2) is 4.39 Å². The Balaban J connectivity index is 1.96. The molecule has 2 aromatic rings. The van der Waals surface area contributed by atoms with E-state index in [0.29, 0.717) is 10.7 Å². The highest BCUT2D eigenvalue weighted by Gasteiger charge is 2.07. The molecule has 0 bridgehead atoms. The molecular formula is C14H11BrClFN2O. The van der Waals surface area contributed by atoms with Crippen molar-refractivity contribution < 1.29 is 9.18 Å². The van der Waals surface area contributed by atoms with Crippen LogP contribution in [0.5, 0.6) is 0 Å². The van der Waals surface area contributed by atoms with Gasteiger partial charge in [0.1, 0.15) is 5.82 Å². The minimum atomic E-state index is -0.471. The zero-order chi connectivity index (χ0) is 14.5. The fraction of sp³-hybridized carbons (Fsp3) is 0.0714. The van der Waals surface area contributed by atoms with E-state index in [1.165, 1.54) is 12.1 Å². The molecule has 3 nitrogen and oxygen atoms in total. The van der Waals surface area contributed by atoms with Crippen LogP contribution < -0.4 is 10.6 Å². The molecule has 20 heavy (non-hydrogen) atoms. The largest absolute Gasteiger partial charge is 0.375 e. The standard InChI is InChI=1S/C14H11BrClFN2O/c15-9-5-6-10(16)13(7-9)18-8-14(20)19-12-4-2-1-3-11(12)17/h1-7,18H,8H2,(H,19,20). The first-order chi connectivity index (χ1) is 9.56. The summed E-state index contributed by atoms with van der Waals surface area (Å²) in [6.45, 7) is -0.00942. The van der Waals surface area contributed by atoms with Gasteiger partial charge in [-0.2, -0.15) is 0 Å². The second-order valence-electron chi connectivity index (χ2n) is 4.01. The molecule has 0 aliphatic rings. The minimum absolute atomic E-state index is 0.00942. The molecule has 0 saturated carbocycles. The molecule has 0 unspecified atom stereocenters. The molecule has 0 aliphatic heterocycles. The molecule has 0 radical (unpaired) electrons. The van der Waals surface area contributed by atoms with Crippen LogP contribution >= 0.6 is 27.5 Å². The van der Waals surface area contributed by atoms with E-state index < -0.39 is 5.82 Å². The quantitative estimate of drug-likeness (QED) is 0.857. The number of nitrogens with one attached hydrogen (secondary N) is 2. The van der Waals surface area contributed by atoms with Crippen molar-refractivity contribution >= 4 is 44.8 Å². The minimum Gasteiger partial charge on any atom is -0.375 e. The van der Waals surface area contributed by atoms with E-state index >= 15 is 0 Å². The van der Waals surface area contributed by atoms with E-state index in [4.69, 9.17) is 11.6 Å². The van der Waals surface area contributed by atoms with Crippen LogP contribution in [0.2, 0.25) is 5.02 Å². The first kappa shape index (κ1) is 14.8. The Morgan fingerprint density at radius 1 is 1.20 bits per heavy atom. The Hall–Kier alpha value is -1.59. The molecule has 0 aliphatic carbocycles. The van der Waals surface area contributed by atoms with Crippen molar-refractivity contribution in [1.82, 2.24) is 0 Å². The Morgan fingerprint density at radius 3 is 2.70 bits per heavy atom. The van der Waals surface area contributed by atoms with Crippen LogP contribution in [0.4, 0.5) is 15.8 Å². The Bertz CT molecular complexity index is 636. The molecule has 0 heterocycles. The maximum atomic E-state index is 13.4. The van der Waals surface area contributed by atoms with Gasteiger partial charge in [-0.3, -0.25) is 4.79 Å². The summed E-state index contributed by atoms with van der Waals surface area (Å²) in [5.41, 5.74) is 0.782. The third kappa shape index (κ3) is 3.95. The van der Waals surface area contributed by atoms with Crippen molar-refractivity contribution in [3.8, 4) is 0 Å². The third-order valence-corrected chi connectivity index (χ3v) is 3.34. The molecular weight excluding hydrogens is 347 g/mol. The van der Waals surface area contributed by atoms with E-state index in [-0.39, 0.29) is 18.1 Å². The normalized spacial score (nSPS) is 10.2. The van der Waals surface area contributed by atoms with Gasteiger partial charge in [0.2, 0.25) is 5.91 Å². The van der Waals surface area contributed by atoms with Gasteiger partial charge in [0, 0.05) is 4.47 Å². The number of carbonyl (C=O) groups is 1. The lowest BCUT2D eigenvalue weighted by Gasteiger charge is -2.10. The predicted octanol–water partition coefficient (Wildman–Crippen LogP) is 4.29. The number of anilines is 2. The second kappa shape index (κ2) is 6.72. The van der Waals surface area contributed by atoms with Crippen LogP contribution in [0.1, 0.15) is 0 Å². The van der Waals surface area contributed by atoms with E-state index in [9.17, 15) is 9.18 Å². The van der Waals surface area contributed by atoms with Crippen LogP contribution in [0.15, 0.2) is 46.9 Å². The monoisotopic (exact) mass is 356 g/mol. The highest BCUT2D eigenvalue weighted by molar-refractivity contribution is 9.10. The lowest BCUT2D eigenvalue weighted by molar-refractivity contribution is -0.114. The number of para-hydroxylation sites is 1. The number of amides is 1. The molecule has 0 spiro atoms. The molecule has 0 fully saturated rings. The fourth-order valence-electron chi connectivity index (χ4n) is 1.57. The molecule has 0 saturated heterocycles. The summed E-state index contributed by atoms with van der Waals surface area (Å²) in [5.74, 6) is -0.826. The highest BCUT2D eigenvalue weighted by Crippen LogP contribution is 2.25. The van der Waals surface area contributed by atoms with Gasteiger partial charge >= 0.3 is 0 Å². The van der Waals surface area contributed by atoms with Gasteiger partial charge in [-0.15, -0.1) is 0 Å². The Labute approximate surface area is 129 Å². The van der Waals surface area contributed by atoms with Gasteiger partial charge < -0.3 is 10.6 Å². The summed E-state index contributed by atoms with van der Waals surface area (Å²) in [5, 5.41) is 5.89. The summed E-state index contributed by atoms with van der Waals surface area (Å²) in [6.07, 6.45) is 0. The van der Waals surface area contributed by atoms with Crippen molar-refractivity contribution in [2.45, 2.75) is 0 Å². The van der Waals surface area contributed by atoms with Crippen LogP contribution in [0, 0.1) is 5.82 Å². The third-order valence-electron chi connectivity index (χ3n) is 2.52. The van der Waals surface area contributed by atoms with Gasteiger partial charge in [0.05, 0.1) is 22.9 Å². The van der Waals surface area contributed by atoms with Gasteiger partial charge in [-0.05, 0) is 30.3 Å². The number of rotatable bonds is 4. The van der Waals surface area contributed by atoms with E-state index in [0.717, 1.165) is 4.47 Å². The molecule has 1 amide bonds. The fourth-order valence-corrected chi connectivity index (χ4v) is 2.11.